The molecule has 7 nitrogen and oxygen atoms in total. The molecule has 0 aromatic heterocycles. The topological polar surface area (TPSA) is 95.0 Å². The number of halogens is 8. The SMILES string of the molecule is CCN1C[C@H]2N(C(=O)C3CCC(C(=O)O)CC3)CC[C@@]2(S(=O)(=O)c2ccc(F)cc2)c2ccc(C(F)(C(F)(F)F)C(F)(F)F)cc21. The molecule has 252 valence electrons. The summed E-state index contributed by atoms with van der Waals surface area (Å²) in [6.45, 7) is 0.978. The van der Waals surface area contributed by atoms with Crippen LogP contribution >= 0.6 is 0 Å². The first-order valence-corrected chi connectivity index (χ1v) is 16.0. The van der Waals surface area contributed by atoms with Gasteiger partial charge in [-0.3, -0.25) is 9.59 Å². The minimum absolute atomic E-state index is 0.0529. The van der Waals surface area contributed by atoms with Crippen molar-refractivity contribution in [2.75, 3.05) is 24.5 Å². The van der Waals surface area contributed by atoms with Crippen LogP contribution in [0.2, 0.25) is 0 Å². The standard InChI is InChI=1S/C30H30F8N2O5S/c1-2-39-16-24-27(46(44,45)21-10-8-20(31)9-11-21,13-14-40(24)25(41)17-3-5-18(6-4-17)26(42)43)22-12-7-19(15-23(22)39)28(32,29(33,34)35)30(36,37)38/h7-12,15,17-18,24H,2-6,13-14,16H2,1H3,(H,42,43)/t17?,18?,24-,27-/m1/s1. The Morgan fingerprint density at radius 1 is 0.913 bits per heavy atom. The lowest BCUT2D eigenvalue weighted by molar-refractivity contribution is -0.348. The molecule has 2 atom stereocenters. The smallest absolute Gasteiger partial charge is 0.435 e. The van der Waals surface area contributed by atoms with Gasteiger partial charge in [-0.2, -0.15) is 26.3 Å². The molecule has 2 aromatic rings. The molecule has 1 saturated heterocycles. The molecule has 46 heavy (non-hydrogen) atoms. The fraction of sp³-hybridized carbons (Fsp3) is 0.533. The van der Waals surface area contributed by atoms with E-state index in [0.29, 0.717) is 6.07 Å². The molecule has 0 unspecified atom stereocenters. The minimum atomic E-state index is -6.40. The van der Waals surface area contributed by atoms with Crippen LogP contribution in [0.1, 0.15) is 50.2 Å². The van der Waals surface area contributed by atoms with Crippen molar-refractivity contribution >= 4 is 27.4 Å². The minimum Gasteiger partial charge on any atom is -0.481 e. The number of hydrogen-bond donors (Lipinski definition) is 1. The number of likely N-dealkylation sites (N-methyl/N-ethyl adjacent to an activating group) is 1. The number of amides is 1. The Bertz CT molecular complexity index is 1610. The highest BCUT2D eigenvalue weighted by molar-refractivity contribution is 7.92. The van der Waals surface area contributed by atoms with Gasteiger partial charge >= 0.3 is 24.0 Å². The van der Waals surface area contributed by atoms with Gasteiger partial charge in [-0.1, -0.05) is 12.1 Å². The quantitative estimate of drug-likeness (QED) is 0.292. The summed E-state index contributed by atoms with van der Waals surface area (Å²) in [6.07, 6.45) is -12.2. The third-order valence-corrected chi connectivity index (χ3v) is 12.2. The largest absolute Gasteiger partial charge is 0.481 e. The van der Waals surface area contributed by atoms with Crippen molar-refractivity contribution in [1.82, 2.24) is 4.90 Å². The number of alkyl halides is 7. The van der Waals surface area contributed by atoms with Gasteiger partial charge in [0.1, 0.15) is 10.6 Å². The predicted molar refractivity (Wildman–Crippen MR) is 148 cm³/mol. The van der Waals surface area contributed by atoms with Crippen LogP contribution in [0.3, 0.4) is 0 Å². The summed E-state index contributed by atoms with van der Waals surface area (Å²) >= 11 is 0. The predicted octanol–water partition coefficient (Wildman–Crippen LogP) is 6.12. The van der Waals surface area contributed by atoms with Crippen molar-refractivity contribution < 1.29 is 58.2 Å². The van der Waals surface area contributed by atoms with Crippen molar-refractivity contribution in [2.45, 2.75) is 72.7 Å². The average molecular weight is 683 g/mol. The summed E-state index contributed by atoms with van der Waals surface area (Å²) in [5, 5.41) is 9.35. The van der Waals surface area contributed by atoms with Gasteiger partial charge in [-0.05, 0) is 74.9 Å². The number of carboxylic acid groups (broad SMARTS) is 1. The second-order valence-corrected chi connectivity index (χ2v) is 14.2. The van der Waals surface area contributed by atoms with Crippen molar-refractivity contribution in [3.8, 4) is 0 Å². The van der Waals surface area contributed by atoms with Crippen molar-refractivity contribution in [3.63, 3.8) is 0 Å². The molecule has 1 N–H and O–H groups in total. The number of hydrogen-bond acceptors (Lipinski definition) is 5. The number of rotatable bonds is 6. The van der Waals surface area contributed by atoms with E-state index in [9.17, 15) is 53.8 Å². The Morgan fingerprint density at radius 2 is 1.48 bits per heavy atom. The van der Waals surface area contributed by atoms with Crippen molar-refractivity contribution in [2.24, 2.45) is 11.8 Å². The van der Waals surface area contributed by atoms with Crippen LogP contribution in [0.5, 0.6) is 0 Å². The maximum atomic E-state index is 15.2. The Kier molecular flexibility index (Phi) is 8.38. The summed E-state index contributed by atoms with van der Waals surface area (Å²) < 4.78 is 138. The number of sulfone groups is 1. The molecule has 1 saturated carbocycles. The molecule has 2 aromatic carbocycles. The molecule has 3 aliphatic rings. The lowest BCUT2D eigenvalue weighted by Crippen LogP contribution is -2.59. The number of carbonyl (C=O) groups excluding carboxylic acids is 1. The zero-order chi connectivity index (χ0) is 34.0. The van der Waals surface area contributed by atoms with Gasteiger partial charge in [0.2, 0.25) is 5.91 Å². The van der Waals surface area contributed by atoms with Crippen molar-refractivity contribution in [3.05, 3.63) is 59.4 Å². The first kappa shape index (κ1) is 33.9. The Morgan fingerprint density at radius 3 is 2.00 bits per heavy atom. The normalized spacial score (nSPS) is 25.6. The Hall–Kier alpha value is -3.43. The molecule has 2 fully saturated rings. The van der Waals surface area contributed by atoms with E-state index in [4.69, 9.17) is 0 Å². The number of aliphatic carboxylic acids is 1. The molecule has 2 aliphatic heterocycles. The number of anilines is 1. The van der Waals surface area contributed by atoms with Gasteiger partial charge < -0.3 is 14.9 Å². The van der Waals surface area contributed by atoms with Gasteiger partial charge in [0.05, 0.1) is 16.9 Å². The monoisotopic (exact) mass is 682 g/mol. The first-order chi connectivity index (χ1) is 21.3. The van der Waals surface area contributed by atoms with Crippen LogP contribution in [0.4, 0.5) is 40.8 Å². The van der Waals surface area contributed by atoms with E-state index < -0.39 is 73.7 Å². The Balaban J connectivity index is 1.68. The molecule has 0 radical (unpaired) electrons. The van der Waals surface area contributed by atoms with Crippen LogP contribution in [-0.2, 0) is 29.8 Å². The van der Waals surface area contributed by atoms with Crippen LogP contribution in [0, 0.1) is 17.7 Å². The van der Waals surface area contributed by atoms with E-state index >= 15 is 4.39 Å². The van der Waals surface area contributed by atoms with E-state index in [-0.39, 0.29) is 74.0 Å². The number of fused-ring (bicyclic) bond motifs is 3. The van der Waals surface area contributed by atoms with E-state index in [1.807, 2.05) is 0 Å². The lowest BCUT2D eigenvalue weighted by atomic mass is 9.80. The second kappa shape index (κ2) is 11.4. The molecule has 16 heteroatoms. The van der Waals surface area contributed by atoms with E-state index in [0.717, 1.165) is 30.3 Å². The third-order valence-electron chi connectivity index (χ3n) is 9.70. The van der Waals surface area contributed by atoms with Crippen molar-refractivity contribution in [1.29, 1.82) is 0 Å². The summed E-state index contributed by atoms with van der Waals surface area (Å²) in [7, 11) is -4.65. The molecule has 5 rings (SSSR count). The summed E-state index contributed by atoms with van der Waals surface area (Å²) in [5.41, 5.74) is -8.12. The number of nitrogens with zero attached hydrogens (tertiary/aromatic N) is 2. The van der Waals surface area contributed by atoms with Crippen LogP contribution in [0.15, 0.2) is 47.4 Å². The van der Waals surface area contributed by atoms with Gasteiger partial charge in [0, 0.05) is 36.8 Å². The molecular weight excluding hydrogens is 652 g/mol. The number of carboxylic acids is 1. The summed E-state index contributed by atoms with van der Waals surface area (Å²) in [5.74, 6) is -3.48. The van der Waals surface area contributed by atoms with E-state index in [1.165, 1.54) is 16.7 Å². The molecule has 1 aliphatic carbocycles. The summed E-state index contributed by atoms with van der Waals surface area (Å²) in [4.78, 5) is 27.6. The molecule has 0 bridgehead atoms. The molecule has 0 spiro atoms. The highest BCUT2D eigenvalue weighted by Crippen LogP contribution is 2.58. The Labute approximate surface area is 259 Å². The fourth-order valence-corrected chi connectivity index (χ4v) is 9.55. The molecule has 1 amide bonds. The number of likely N-dealkylation sites (tertiary alicyclic amines) is 1. The summed E-state index contributed by atoms with van der Waals surface area (Å²) in [6, 6.07) is 3.93. The molecular formula is C30H30F8N2O5S. The third kappa shape index (κ3) is 5.01. The number of benzene rings is 2. The first-order valence-electron chi connectivity index (χ1n) is 14.6. The maximum Gasteiger partial charge on any atom is 0.435 e. The van der Waals surface area contributed by atoms with Crippen LogP contribution in [0.25, 0.3) is 0 Å². The highest BCUT2D eigenvalue weighted by Gasteiger charge is 2.74. The fourth-order valence-electron chi connectivity index (χ4n) is 7.25. The van der Waals surface area contributed by atoms with Gasteiger partial charge in [0.15, 0.2) is 9.84 Å². The zero-order valence-corrected chi connectivity index (χ0v) is 25.2. The van der Waals surface area contributed by atoms with Gasteiger partial charge in [0.25, 0.3) is 0 Å². The van der Waals surface area contributed by atoms with Crippen LogP contribution < -0.4 is 4.90 Å². The second-order valence-electron chi connectivity index (χ2n) is 12.0. The molecule has 2 heterocycles. The average Bonchev–Trinajstić information content (AvgIpc) is 3.39. The zero-order valence-electron chi connectivity index (χ0n) is 24.3. The maximum absolute atomic E-state index is 15.2. The lowest BCUT2D eigenvalue weighted by Gasteiger charge is -2.48. The van der Waals surface area contributed by atoms with Crippen LogP contribution in [-0.4, -0.2) is 68.3 Å². The van der Waals surface area contributed by atoms with Gasteiger partial charge in [-0.25, -0.2) is 17.2 Å². The van der Waals surface area contributed by atoms with E-state index in [2.05, 4.69) is 0 Å². The van der Waals surface area contributed by atoms with Gasteiger partial charge in [-0.15, -0.1) is 0 Å². The van der Waals surface area contributed by atoms with E-state index in [1.54, 1.807) is 0 Å². The number of carbonyl (C=O) groups is 2. The highest BCUT2D eigenvalue weighted by atomic mass is 32.2.